The summed E-state index contributed by atoms with van der Waals surface area (Å²) in [4.78, 5) is 11.6. The van der Waals surface area contributed by atoms with Gasteiger partial charge in [-0.1, -0.05) is 41.9 Å². The third kappa shape index (κ3) is 4.93. The molecule has 2 N–H and O–H groups in total. The van der Waals surface area contributed by atoms with Crippen LogP contribution in [0.25, 0.3) is 0 Å². The molecule has 108 valence electrons. The summed E-state index contributed by atoms with van der Waals surface area (Å²) in [5, 5.41) is 14.1. The molecule has 4 nitrogen and oxygen atoms in total. The second-order valence-corrected chi connectivity index (χ2v) is 4.91. The molecule has 0 radical (unpaired) electrons. The van der Waals surface area contributed by atoms with Crippen molar-refractivity contribution in [1.29, 1.82) is 0 Å². The van der Waals surface area contributed by atoms with Gasteiger partial charge in [0.15, 0.2) is 0 Å². The zero-order valence-corrected chi connectivity index (χ0v) is 12.0. The highest BCUT2D eigenvalue weighted by molar-refractivity contribution is 6.30. The molecular formula is C16H15ClN2O2. The summed E-state index contributed by atoms with van der Waals surface area (Å²) in [5.41, 5.74) is 4.04. The first-order valence-corrected chi connectivity index (χ1v) is 6.87. The lowest BCUT2D eigenvalue weighted by atomic mass is 10.1. The van der Waals surface area contributed by atoms with E-state index in [0.717, 1.165) is 11.1 Å². The fourth-order valence-corrected chi connectivity index (χ4v) is 1.88. The topological polar surface area (TPSA) is 61.7 Å². The van der Waals surface area contributed by atoms with Crippen LogP contribution in [0.5, 0.6) is 5.75 Å². The Morgan fingerprint density at radius 2 is 1.90 bits per heavy atom. The van der Waals surface area contributed by atoms with E-state index >= 15 is 0 Å². The Bertz CT molecular complexity index is 639. The van der Waals surface area contributed by atoms with E-state index in [9.17, 15) is 9.90 Å². The van der Waals surface area contributed by atoms with Gasteiger partial charge in [-0.3, -0.25) is 4.79 Å². The predicted octanol–water partition coefficient (Wildman–Crippen LogP) is 3.13. The van der Waals surface area contributed by atoms with Crippen LogP contribution in [-0.4, -0.2) is 17.2 Å². The molecule has 0 aliphatic carbocycles. The lowest BCUT2D eigenvalue weighted by Crippen LogP contribution is -2.17. The van der Waals surface area contributed by atoms with Crippen LogP contribution in [0, 0.1) is 0 Å². The van der Waals surface area contributed by atoms with Gasteiger partial charge in [0, 0.05) is 11.4 Å². The van der Waals surface area contributed by atoms with E-state index in [4.69, 9.17) is 11.6 Å². The highest BCUT2D eigenvalue weighted by atomic mass is 35.5. The van der Waals surface area contributed by atoms with E-state index in [1.807, 2.05) is 6.07 Å². The number of para-hydroxylation sites is 1. The molecule has 2 aromatic carbocycles. The molecule has 0 fully saturated rings. The van der Waals surface area contributed by atoms with E-state index in [1.165, 1.54) is 0 Å². The molecule has 0 aliphatic rings. The number of nitrogens with one attached hydrogen (secondary N) is 1. The molecule has 2 rings (SSSR count). The number of phenols is 1. The summed E-state index contributed by atoms with van der Waals surface area (Å²) in [6, 6.07) is 14.1. The summed E-state index contributed by atoms with van der Waals surface area (Å²) in [6.07, 6.45) is 2.28. The summed E-state index contributed by atoms with van der Waals surface area (Å²) < 4.78 is 0. The van der Waals surface area contributed by atoms with Gasteiger partial charge in [0.1, 0.15) is 5.75 Å². The van der Waals surface area contributed by atoms with Crippen molar-refractivity contribution < 1.29 is 9.90 Å². The van der Waals surface area contributed by atoms with Gasteiger partial charge in [0.2, 0.25) is 5.91 Å². The van der Waals surface area contributed by atoms with E-state index < -0.39 is 0 Å². The van der Waals surface area contributed by atoms with Gasteiger partial charge in [-0.2, -0.15) is 5.10 Å². The third-order valence-electron chi connectivity index (χ3n) is 2.89. The Morgan fingerprint density at radius 1 is 1.19 bits per heavy atom. The monoisotopic (exact) mass is 302 g/mol. The molecule has 0 heterocycles. The van der Waals surface area contributed by atoms with Crippen LogP contribution in [0.4, 0.5) is 0 Å². The molecule has 0 aromatic heterocycles. The summed E-state index contributed by atoms with van der Waals surface area (Å²) in [6.45, 7) is 0. The van der Waals surface area contributed by atoms with Crippen molar-refractivity contribution >= 4 is 23.7 Å². The van der Waals surface area contributed by atoms with E-state index in [0.29, 0.717) is 11.4 Å². The maximum atomic E-state index is 11.6. The first kappa shape index (κ1) is 15.1. The van der Waals surface area contributed by atoms with Gasteiger partial charge in [-0.05, 0) is 35.7 Å². The van der Waals surface area contributed by atoms with Crippen LogP contribution in [0.3, 0.4) is 0 Å². The number of hydrogen-bond acceptors (Lipinski definition) is 3. The van der Waals surface area contributed by atoms with E-state index in [1.54, 1.807) is 48.7 Å². The minimum absolute atomic E-state index is 0.204. The number of benzene rings is 2. The Hall–Kier alpha value is -2.33. The molecule has 1 amide bonds. The first-order valence-electron chi connectivity index (χ1n) is 6.49. The normalized spacial score (nSPS) is 10.7. The molecular weight excluding hydrogens is 288 g/mol. The fraction of sp³-hybridized carbons (Fsp3) is 0.125. The van der Waals surface area contributed by atoms with Gasteiger partial charge in [-0.25, -0.2) is 5.43 Å². The maximum Gasteiger partial charge on any atom is 0.240 e. The Kier molecular flexibility index (Phi) is 5.35. The lowest BCUT2D eigenvalue weighted by molar-refractivity contribution is -0.121. The predicted molar refractivity (Wildman–Crippen MR) is 83.6 cm³/mol. The van der Waals surface area contributed by atoms with Crippen molar-refractivity contribution in [2.75, 3.05) is 0 Å². The number of amides is 1. The number of aromatic hydroxyl groups is 1. The Balaban J connectivity index is 1.80. The second-order valence-electron chi connectivity index (χ2n) is 4.47. The smallest absolute Gasteiger partial charge is 0.240 e. The number of rotatable bonds is 5. The minimum atomic E-state index is -0.205. The molecule has 0 spiro atoms. The third-order valence-corrected chi connectivity index (χ3v) is 3.14. The summed E-state index contributed by atoms with van der Waals surface area (Å²) in [7, 11) is 0. The van der Waals surface area contributed by atoms with Crippen LogP contribution in [0.2, 0.25) is 5.02 Å². The highest BCUT2D eigenvalue weighted by Gasteiger charge is 2.04. The Morgan fingerprint density at radius 3 is 2.62 bits per heavy atom. The quantitative estimate of drug-likeness (QED) is 0.658. The van der Waals surface area contributed by atoms with Crippen molar-refractivity contribution in [2.24, 2.45) is 5.10 Å². The van der Waals surface area contributed by atoms with Gasteiger partial charge in [-0.15, -0.1) is 0 Å². The zero-order chi connectivity index (χ0) is 15.1. The minimum Gasteiger partial charge on any atom is -0.508 e. The van der Waals surface area contributed by atoms with Gasteiger partial charge in [0.25, 0.3) is 0 Å². The average Bonchev–Trinajstić information content (AvgIpc) is 2.48. The molecule has 0 atom stereocenters. The molecule has 0 aliphatic heterocycles. The van der Waals surface area contributed by atoms with Crippen molar-refractivity contribution in [3.8, 4) is 5.75 Å². The molecule has 0 saturated carbocycles. The molecule has 0 unspecified atom stereocenters. The molecule has 5 heteroatoms. The fourth-order valence-electron chi connectivity index (χ4n) is 1.75. The number of halogens is 1. The van der Waals surface area contributed by atoms with Crippen molar-refractivity contribution in [3.63, 3.8) is 0 Å². The first-order chi connectivity index (χ1) is 10.1. The highest BCUT2D eigenvalue weighted by Crippen LogP contribution is 2.16. The van der Waals surface area contributed by atoms with Crippen molar-refractivity contribution in [3.05, 3.63) is 64.7 Å². The van der Waals surface area contributed by atoms with Crippen molar-refractivity contribution in [1.82, 2.24) is 5.43 Å². The van der Waals surface area contributed by atoms with E-state index in [-0.39, 0.29) is 18.1 Å². The van der Waals surface area contributed by atoms with Gasteiger partial charge in [0.05, 0.1) is 6.21 Å². The summed E-state index contributed by atoms with van der Waals surface area (Å²) >= 11 is 5.77. The Labute approximate surface area is 128 Å². The lowest BCUT2D eigenvalue weighted by Gasteiger charge is -2.03. The number of carbonyl (C=O) groups excluding carboxylic acids is 1. The molecule has 0 bridgehead atoms. The number of hydrogen-bond donors (Lipinski definition) is 2. The van der Waals surface area contributed by atoms with Crippen LogP contribution in [-0.2, 0) is 11.2 Å². The van der Waals surface area contributed by atoms with Crippen LogP contribution in [0.15, 0.2) is 53.6 Å². The number of hydrazone groups is 1. The largest absolute Gasteiger partial charge is 0.508 e. The van der Waals surface area contributed by atoms with Gasteiger partial charge >= 0.3 is 0 Å². The SMILES string of the molecule is O=C(CCc1ccccc1O)N/N=C/c1ccc(Cl)cc1. The maximum absolute atomic E-state index is 11.6. The van der Waals surface area contributed by atoms with E-state index in [2.05, 4.69) is 10.5 Å². The molecule has 21 heavy (non-hydrogen) atoms. The van der Waals surface area contributed by atoms with Crippen LogP contribution < -0.4 is 5.43 Å². The second kappa shape index (κ2) is 7.45. The average molecular weight is 303 g/mol. The molecule has 2 aromatic rings. The zero-order valence-electron chi connectivity index (χ0n) is 11.3. The number of nitrogens with zero attached hydrogens (tertiary/aromatic N) is 1. The summed E-state index contributed by atoms with van der Waals surface area (Å²) in [5.74, 6) is -0.00145. The van der Waals surface area contributed by atoms with Gasteiger partial charge < -0.3 is 5.11 Å². The standard InChI is InChI=1S/C16H15ClN2O2/c17-14-8-5-12(6-9-14)11-18-19-16(21)10-7-13-3-1-2-4-15(13)20/h1-6,8-9,11,20H,7,10H2,(H,19,21)/b18-11+. The number of carbonyl (C=O) groups is 1. The number of aryl methyl sites for hydroxylation is 1. The van der Waals surface area contributed by atoms with Crippen LogP contribution in [0.1, 0.15) is 17.5 Å². The van der Waals surface area contributed by atoms with Crippen LogP contribution >= 0.6 is 11.6 Å². The van der Waals surface area contributed by atoms with Crippen molar-refractivity contribution in [2.45, 2.75) is 12.8 Å². The molecule has 0 saturated heterocycles. The number of phenolic OH excluding ortho intramolecular Hbond substituents is 1.